The van der Waals surface area contributed by atoms with E-state index in [0.29, 0.717) is 6.04 Å². The van der Waals surface area contributed by atoms with E-state index in [0.717, 1.165) is 43.5 Å². The summed E-state index contributed by atoms with van der Waals surface area (Å²) in [4.78, 5) is 0. The normalized spacial score (nSPS) is 23.4. The van der Waals surface area contributed by atoms with E-state index >= 15 is 0 Å². The van der Waals surface area contributed by atoms with Gasteiger partial charge in [0.15, 0.2) is 5.75 Å². The van der Waals surface area contributed by atoms with Crippen molar-refractivity contribution in [2.24, 2.45) is 11.8 Å². The predicted molar refractivity (Wildman–Crippen MR) is 77.4 cm³/mol. The van der Waals surface area contributed by atoms with Crippen molar-refractivity contribution in [2.45, 2.75) is 52.6 Å². The zero-order chi connectivity index (χ0) is 13.8. The van der Waals surface area contributed by atoms with E-state index in [2.05, 4.69) is 35.9 Å². The van der Waals surface area contributed by atoms with Gasteiger partial charge in [-0.1, -0.05) is 20.8 Å². The van der Waals surface area contributed by atoms with Gasteiger partial charge in [0.25, 0.3) is 0 Å². The summed E-state index contributed by atoms with van der Waals surface area (Å²) in [6.07, 6.45) is 5.42. The number of aromatic nitrogens is 2. The number of nitrogens with zero attached hydrogens (tertiary/aromatic N) is 2. The van der Waals surface area contributed by atoms with Crippen molar-refractivity contribution in [3.05, 3.63) is 11.9 Å². The second-order valence-corrected chi connectivity index (χ2v) is 5.63. The molecule has 4 nitrogen and oxygen atoms in total. The summed E-state index contributed by atoms with van der Waals surface area (Å²) in [5, 5.41) is 8.19. The van der Waals surface area contributed by atoms with Crippen LogP contribution in [0.25, 0.3) is 0 Å². The van der Waals surface area contributed by atoms with Crippen LogP contribution in [0.3, 0.4) is 0 Å². The minimum absolute atomic E-state index is 0.388. The van der Waals surface area contributed by atoms with Crippen LogP contribution in [0, 0.1) is 11.8 Å². The number of hydrogen-bond acceptors (Lipinski definition) is 3. The van der Waals surface area contributed by atoms with Crippen LogP contribution in [0.15, 0.2) is 6.20 Å². The fourth-order valence-corrected chi connectivity index (χ4v) is 2.80. The maximum atomic E-state index is 5.52. The van der Waals surface area contributed by atoms with E-state index in [1.54, 1.807) is 7.11 Å². The number of aryl methyl sites for hydroxylation is 1. The lowest BCUT2D eigenvalue weighted by molar-refractivity contribution is 0.372. The van der Waals surface area contributed by atoms with Gasteiger partial charge in [-0.25, -0.2) is 0 Å². The number of hydrogen-bond donors (Lipinski definition) is 1. The molecule has 1 aliphatic rings. The molecule has 0 saturated heterocycles. The Kier molecular flexibility index (Phi) is 4.86. The molecule has 108 valence electrons. The quantitative estimate of drug-likeness (QED) is 0.785. The third-order valence-electron chi connectivity index (χ3n) is 4.01. The summed E-state index contributed by atoms with van der Waals surface area (Å²) < 4.78 is 7.65. The highest BCUT2D eigenvalue weighted by Gasteiger charge is 2.42. The second-order valence-electron chi connectivity index (χ2n) is 5.63. The summed E-state index contributed by atoms with van der Waals surface area (Å²) >= 11 is 0. The Morgan fingerprint density at radius 1 is 1.47 bits per heavy atom. The molecule has 1 saturated carbocycles. The van der Waals surface area contributed by atoms with Crippen molar-refractivity contribution < 1.29 is 4.74 Å². The molecule has 1 N–H and O–H groups in total. The van der Waals surface area contributed by atoms with E-state index in [-0.39, 0.29) is 0 Å². The van der Waals surface area contributed by atoms with Crippen molar-refractivity contribution in [3.8, 4) is 5.75 Å². The summed E-state index contributed by atoms with van der Waals surface area (Å²) in [5.41, 5.74) is 1.24. The molecular formula is C15H27N3O. The Morgan fingerprint density at radius 2 is 2.21 bits per heavy atom. The van der Waals surface area contributed by atoms with Gasteiger partial charge in [0.05, 0.1) is 25.0 Å². The van der Waals surface area contributed by atoms with E-state index in [4.69, 9.17) is 4.74 Å². The Balaban J connectivity index is 2.25. The number of nitrogens with one attached hydrogen (secondary N) is 1. The molecular weight excluding hydrogens is 238 g/mol. The van der Waals surface area contributed by atoms with E-state index < -0.39 is 0 Å². The fourth-order valence-electron chi connectivity index (χ4n) is 2.80. The highest BCUT2D eigenvalue weighted by atomic mass is 16.5. The van der Waals surface area contributed by atoms with Crippen LogP contribution in [0.2, 0.25) is 0 Å². The molecule has 1 aliphatic carbocycles. The van der Waals surface area contributed by atoms with Gasteiger partial charge in [-0.3, -0.25) is 4.68 Å². The van der Waals surface area contributed by atoms with Gasteiger partial charge < -0.3 is 10.1 Å². The Morgan fingerprint density at radius 3 is 2.74 bits per heavy atom. The zero-order valence-corrected chi connectivity index (χ0v) is 12.6. The molecule has 3 atom stereocenters. The molecule has 0 radical (unpaired) electrons. The average Bonchev–Trinajstić information content (AvgIpc) is 2.99. The summed E-state index contributed by atoms with van der Waals surface area (Å²) in [5.74, 6) is 2.47. The molecule has 1 heterocycles. The third kappa shape index (κ3) is 3.11. The van der Waals surface area contributed by atoms with Crippen LogP contribution in [-0.2, 0) is 6.54 Å². The minimum atomic E-state index is 0.388. The summed E-state index contributed by atoms with van der Waals surface area (Å²) in [6, 6.07) is 0.388. The first kappa shape index (κ1) is 14.4. The van der Waals surface area contributed by atoms with E-state index in [1.165, 1.54) is 12.1 Å². The average molecular weight is 265 g/mol. The molecule has 0 aromatic carbocycles. The predicted octanol–water partition coefficient (Wildman–Crippen LogP) is 3.00. The Labute approximate surface area is 116 Å². The molecule has 2 rings (SSSR count). The smallest absolute Gasteiger partial charge is 0.161 e. The van der Waals surface area contributed by atoms with E-state index in [9.17, 15) is 0 Å². The molecule has 3 unspecified atom stereocenters. The van der Waals surface area contributed by atoms with Gasteiger partial charge in [0.1, 0.15) is 0 Å². The van der Waals surface area contributed by atoms with Crippen LogP contribution >= 0.6 is 0 Å². The Hall–Kier alpha value is -1.03. The van der Waals surface area contributed by atoms with Crippen LogP contribution < -0.4 is 10.1 Å². The molecule has 0 aliphatic heterocycles. The lowest BCUT2D eigenvalue weighted by Gasteiger charge is -2.21. The fraction of sp³-hybridized carbons (Fsp3) is 0.800. The molecule has 0 spiro atoms. The monoisotopic (exact) mass is 265 g/mol. The van der Waals surface area contributed by atoms with Crippen LogP contribution in [0.5, 0.6) is 5.75 Å². The lowest BCUT2D eigenvalue weighted by Crippen LogP contribution is -2.27. The summed E-state index contributed by atoms with van der Waals surface area (Å²) in [6.45, 7) is 8.74. The number of methoxy groups -OCH3 is 1. The maximum absolute atomic E-state index is 5.52. The topological polar surface area (TPSA) is 39.1 Å². The standard InChI is InChI=1S/C15H27N3O/c1-5-7-16-14(12-9-11(12)3)15-13(19-4)10-17-18(15)8-6-2/h10-12,14,16H,5-9H2,1-4H3. The first-order valence-electron chi connectivity index (χ1n) is 7.55. The van der Waals surface area contributed by atoms with Crippen molar-refractivity contribution in [1.29, 1.82) is 0 Å². The zero-order valence-electron chi connectivity index (χ0n) is 12.6. The maximum Gasteiger partial charge on any atom is 0.161 e. The van der Waals surface area contributed by atoms with E-state index in [1.807, 2.05) is 6.20 Å². The first-order chi connectivity index (χ1) is 9.22. The van der Waals surface area contributed by atoms with Gasteiger partial charge in [0, 0.05) is 6.54 Å². The molecule has 1 aromatic rings. The van der Waals surface area contributed by atoms with Crippen molar-refractivity contribution in [3.63, 3.8) is 0 Å². The van der Waals surface area contributed by atoms with Gasteiger partial charge in [0.2, 0.25) is 0 Å². The van der Waals surface area contributed by atoms with Crippen molar-refractivity contribution in [1.82, 2.24) is 15.1 Å². The van der Waals surface area contributed by atoms with Crippen molar-refractivity contribution >= 4 is 0 Å². The Bertz CT molecular complexity index is 402. The van der Waals surface area contributed by atoms with Crippen LogP contribution in [0.4, 0.5) is 0 Å². The highest BCUT2D eigenvalue weighted by molar-refractivity contribution is 5.30. The van der Waals surface area contributed by atoms with Gasteiger partial charge >= 0.3 is 0 Å². The third-order valence-corrected chi connectivity index (χ3v) is 4.01. The molecule has 0 amide bonds. The van der Waals surface area contributed by atoms with Crippen LogP contribution in [-0.4, -0.2) is 23.4 Å². The second kappa shape index (κ2) is 6.42. The summed E-state index contributed by atoms with van der Waals surface area (Å²) in [7, 11) is 1.74. The van der Waals surface area contributed by atoms with Gasteiger partial charge in [-0.05, 0) is 37.6 Å². The molecule has 4 heteroatoms. The van der Waals surface area contributed by atoms with Gasteiger partial charge in [-0.2, -0.15) is 5.10 Å². The van der Waals surface area contributed by atoms with Crippen molar-refractivity contribution in [2.75, 3.05) is 13.7 Å². The van der Waals surface area contributed by atoms with Crippen LogP contribution in [0.1, 0.15) is 51.8 Å². The van der Waals surface area contributed by atoms with Gasteiger partial charge in [-0.15, -0.1) is 0 Å². The molecule has 1 aromatic heterocycles. The minimum Gasteiger partial charge on any atom is -0.493 e. The molecule has 19 heavy (non-hydrogen) atoms. The lowest BCUT2D eigenvalue weighted by atomic mass is 10.1. The molecule has 0 bridgehead atoms. The largest absolute Gasteiger partial charge is 0.493 e. The SMILES string of the molecule is CCCNC(c1c(OC)cnn1CCC)C1CC1C. The number of rotatable bonds is 8. The highest BCUT2D eigenvalue weighted by Crippen LogP contribution is 2.48. The number of ether oxygens (including phenoxy) is 1. The molecule has 1 fully saturated rings. The first-order valence-corrected chi connectivity index (χ1v) is 7.55.